The highest BCUT2D eigenvalue weighted by atomic mass is 32.2. The van der Waals surface area contributed by atoms with Crippen LogP contribution in [0, 0.1) is 6.92 Å². The number of carbonyl (C=O) groups is 1. The van der Waals surface area contributed by atoms with E-state index in [0.29, 0.717) is 5.69 Å². The molecule has 7 heteroatoms. The normalized spacial score (nSPS) is 12.9. The summed E-state index contributed by atoms with van der Waals surface area (Å²) in [5.41, 5.74) is 3.02. The highest BCUT2D eigenvalue weighted by Crippen LogP contribution is 2.20. The summed E-state index contributed by atoms with van der Waals surface area (Å²) in [6, 6.07) is 12.0. The fourth-order valence-corrected chi connectivity index (χ4v) is 3.28. The molecular weight excluding hydrogens is 338 g/mol. The molecule has 1 aromatic heterocycles. The van der Waals surface area contributed by atoms with Gasteiger partial charge >= 0.3 is 0 Å². The van der Waals surface area contributed by atoms with Crippen molar-refractivity contribution < 1.29 is 13.2 Å². The molecule has 2 N–H and O–H groups in total. The molecule has 0 fully saturated rings. The Kier molecular flexibility index (Phi) is 4.34. The smallest absolute Gasteiger partial charge is 0.272 e. The van der Waals surface area contributed by atoms with Gasteiger partial charge in [-0.25, -0.2) is 8.42 Å². The van der Waals surface area contributed by atoms with Gasteiger partial charge in [0.1, 0.15) is 0 Å². The lowest BCUT2D eigenvalue weighted by Gasteiger charge is -2.14. The van der Waals surface area contributed by atoms with Crippen LogP contribution in [0.25, 0.3) is 10.9 Å². The van der Waals surface area contributed by atoms with Crippen LogP contribution in [0.15, 0.2) is 47.4 Å². The lowest BCUT2D eigenvalue weighted by Crippen LogP contribution is -2.27. The van der Waals surface area contributed by atoms with Crippen molar-refractivity contribution in [3.05, 3.63) is 59.3 Å². The number of carbonyl (C=O) groups excluding carboxylic acids is 1. The lowest BCUT2D eigenvalue weighted by atomic mass is 10.1. The number of hydrogen-bond acceptors (Lipinski definition) is 4. The largest absolute Gasteiger partial charge is 0.344 e. The second-order valence-electron chi connectivity index (χ2n) is 6.16. The number of amides is 1. The van der Waals surface area contributed by atoms with Gasteiger partial charge in [-0.1, -0.05) is 23.8 Å². The van der Waals surface area contributed by atoms with Gasteiger partial charge in [0, 0.05) is 11.6 Å². The van der Waals surface area contributed by atoms with E-state index >= 15 is 0 Å². The number of benzene rings is 2. The molecule has 0 aliphatic heterocycles. The fraction of sp³-hybridized carbons (Fsp3) is 0.222. The summed E-state index contributed by atoms with van der Waals surface area (Å²) in [5.74, 6) is -0.281. The number of aryl methyl sites for hydroxylation is 1. The molecule has 25 heavy (non-hydrogen) atoms. The van der Waals surface area contributed by atoms with Crippen LogP contribution >= 0.6 is 0 Å². The van der Waals surface area contributed by atoms with Crippen molar-refractivity contribution in [3.63, 3.8) is 0 Å². The van der Waals surface area contributed by atoms with Crippen molar-refractivity contribution in [2.45, 2.75) is 24.8 Å². The fourth-order valence-electron chi connectivity index (χ4n) is 2.65. The molecule has 2 aromatic carbocycles. The number of hydrogen-bond donors (Lipinski definition) is 2. The molecule has 3 aromatic rings. The maximum atomic E-state index is 12.6. The zero-order chi connectivity index (χ0) is 18.2. The Morgan fingerprint density at radius 1 is 1.16 bits per heavy atom. The van der Waals surface area contributed by atoms with Gasteiger partial charge in [0.25, 0.3) is 5.91 Å². The first-order chi connectivity index (χ1) is 11.8. The van der Waals surface area contributed by atoms with Crippen molar-refractivity contribution in [3.8, 4) is 0 Å². The number of nitrogens with one attached hydrogen (secondary N) is 2. The minimum Gasteiger partial charge on any atom is -0.344 e. The number of aromatic nitrogens is 2. The van der Waals surface area contributed by atoms with E-state index < -0.39 is 9.84 Å². The summed E-state index contributed by atoms with van der Waals surface area (Å²) in [5, 5.41) is 10.6. The van der Waals surface area contributed by atoms with Crippen molar-refractivity contribution >= 4 is 26.6 Å². The Morgan fingerprint density at radius 3 is 2.48 bits per heavy atom. The Bertz CT molecular complexity index is 1040. The summed E-state index contributed by atoms with van der Waals surface area (Å²) in [4.78, 5) is 12.8. The summed E-state index contributed by atoms with van der Waals surface area (Å²) in [7, 11) is -3.23. The number of aromatic amines is 1. The van der Waals surface area contributed by atoms with Crippen LogP contribution in [0.4, 0.5) is 0 Å². The van der Waals surface area contributed by atoms with Crippen molar-refractivity contribution in [2.75, 3.05) is 6.26 Å². The third kappa shape index (κ3) is 3.56. The third-order valence-electron chi connectivity index (χ3n) is 4.09. The molecule has 130 valence electrons. The Labute approximate surface area is 146 Å². The second kappa shape index (κ2) is 6.33. The Morgan fingerprint density at radius 2 is 1.84 bits per heavy atom. The first-order valence-electron chi connectivity index (χ1n) is 7.81. The lowest BCUT2D eigenvalue weighted by molar-refractivity contribution is 0.0936. The monoisotopic (exact) mass is 357 g/mol. The molecule has 6 nitrogen and oxygen atoms in total. The molecule has 0 spiro atoms. The van der Waals surface area contributed by atoms with Gasteiger partial charge in [0.15, 0.2) is 15.5 Å². The van der Waals surface area contributed by atoms with E-state index in [1.807, 2.05) is 32.0 Å². The molecule has 0 aliphatic carbocycles. The maximum absolute atomic E-state index is 12.6. The molecule has 1 unspecified atom stereocenters. The first-order valence-corrected chi connectivity index (χ1v) is 9.70. The highest BCUT2D eigenvalue weighted by molar-refractivity contribution is 7.90. The number of fused-ring (bicyclic) bond motifs is 1. The standard InChI is InChI=1S/C18H19N3O3S/c1-11-4-9-16-15(10-11)17(21-20-16)18(22)19-12(2)13-5-7-14(8-6-13)25(3,23)24/h4-10,12H,1-3H3,(H,19,22)(H,20,21). The van der Waals surface area contributed by atoms with E-state index in [4.69, 9.17) is 0 Å². The molecule has 0 bridgehead atoms. The van der Waals surface area contributed by atoms with Crippen molar-refractivity contribution in [1.82, 2.24) is 15.5 Å². The minimum atomic E-state index is -3.23. The second-order valence-corrected chi connectivity index (χ2v) is 8.17. The predicted octanol–water partition coefficient (Wildman–Crippen LogP) is 2.77. The molecule has 1 heterocycles. The average molecular weight is 357 g/mol. The molecule has 3 rings (SSSR count). The van der Waals surface area contributed by atoms with E-state index in [-0.39, 0.29) is 16.8 Å². The van der Waals surface area contributed by atoms with Gasteiger partial charge in [-0.3, -0.25) is 9.89 Å². The van der Waals surface area contributed by atoms with Crippen LogP contribution in [-0.2, 0) is 9.84 Å². The van der Waals surface area contributed by atoms with E-state index in [2.05, 4.69) is 15.5 Å². The van der Waals surface area contributed by atoms with E-state index in [1.54, 1.807) is 24.3 Å². The number of nitrogens with zero attached hydrogens (tertiary/aromatic N) is 1. The van der Waals surface area contributed by atoms with Gasteiger partial charge < -0.3 is 5.32 Å². The summed E-state index contributed by atoms with van der Waals surface area (Å²) >= 11 is 0. The molecule has 0 radical (unpaired) electrons. The predicted molar refractivity (Wildman–Crippen MR) is 96.3 cm³/mol. The zero-order valence-electron chi connectivity index (χ0n) is 14.2. The first kappa shape index (κ1) is 17.2. The summed E-state index contributed by atoms with van der Waals surface area (Å²) < 4.78 is 23.0. The molecule has 1 atom stereocenters. The van der Waals surface area contributed by atoms with Crippen LogP contribution < -0.4 is 5.32 Å². The summed E-state index contributed by atoms with van der Waals surface area (Å²) in [6.07, 6.45) is 1.16. The van der Waals surface area contributed by atoms with E-state index in [0.717, 1.165) is 28.3 Å². The Hall–Kier alpha value is -2.67. The van der Waals surface area contributed by atoms with E-state index in [9.17, 15) is 13.2 Å². The number of H-pyrrole nitrogens is 1. The van der Waals surface area contributed by atoms with Crippen LogP contribution in [0.5, 0.6) is 0 Å². The highest BCUT2D eigenvalue weighted by Gasteiger charge is 2.17. The van der Waals surface area contributed by atoms with Crippen LogP contribution in [0.3, 0.4) is 0 Å². The van der Waals surface area contributed by atoms with Crippen LogP contribution in [0.2, 0.25) is 0 Å². The molecule has 0 saturated carbocycles. The molecule has 1 amide bonds. The number of sulfone groups is 1. The van der Waals surface area contributed by atoms with Crippen molar-refractivity contribution in [2.24, 2.45) is 0 Å². The quantitative estimate of drug-likeness (QED) is 0.751. The van der Waals surface area contributed by atoms with Gasteiger partial charge in [-0.2, -0.15) is 5.10 Å². The average Bonchev–Trinajstić information content (AvgIpc) is 2.97. The Balaban J connectivity index is 1.81. The summed E-state index contributed by atoms with van der Waals surface area (Å²) in [6.45, 7) is 3.80. The van der Waals surface area contributed by atoms with E-state index in [1.165, 1.54) is 0 Å². The number of rotatable bonds is 4. The maximum Gasteiger partial charge on any atom is 0.272 e. The van der Waals surface area contributed by atoms with Gasteiger partial charge in [-0.05, 0) is 43.7 Å². The van der Waals surface area contributed by atoms with Gasteiger partial charge in [-0.15, -0.1) is 0 Å². The van der Waals surface area contributed by atoms with Gasteiger partial charge in [0.2, 0.25) is 0 Å². The SMILES string of the molecule is Cc1ccc2[nH]nc(C(=O)NC(C)c3ccc(S(C)(=O)=O)cc3)c2c1. The topological polar surface area (TPSA) is 91.9 Å². The van der Waals surface area contributed by atoms with Crippen molar-refractivity contribution in [1.29, 1.82) is 0 Å². The minimum absolute atomic E-state index is 0.253. The molecule has 0 saturated heterocycles. The zero-order valence-corrected chi connectivity index (χ0v) is 15.0. The van der Waals surface area contributed by atoms with Gasteiger partial charge in [0.05, 0.1) is 16.5 Å². The third-order valence-corrected chi connectivity index (χ3v) is 5.22. The van der Waals surface area contributed by atoms with Crippen LogP contribution in [-0.4, -0.2) is 30.8 Å². The molecule has 0 aliphatic rings. The van der Waals surface area contributed by atoms with Crippen LogP contribution in [0.1, 0.15) is 34.6 Å². The molecular formula is C18H19N3O3S.